The number of aliphatic hydroxyl groups is 1. The van der Waals surface area contributed by atoms with Crippen molar-refractivity contribution in [3.05, 3.63) is 57.1 Å². The van der Waals surface area contributed by atoms with E-state index < -0.39 is 0 Å². The number of benzene rings is 1. The third kappa shape index (κ3) is 3.67. The van der Waals surface area contributed by atoms with E-state index in [-0.39, 0.29) is 12.3 Å². The lowest BCUT2D eigenvalue weighted by molar-refractivity contribution is 0.269. The number of fused-ring (bicyclic) bond motifs is 1. The van der Waals surface area contributed by atoms with E-state index in [1.54, 1.807) is 16.3 Å². The second kappa shape index (κ2) is 7.32. The molecule has 0 bridgehead atoms. The smallest absolute Gasteiger partial charge is 0.348 e. The molecule has 1 N–H and O–H groups in total. The molecule has 0 fully saturated rings. The molecule has 1 heterocycles. The topological polar surface area (TPSA) is 55.1 Å². The highest BCUT2D eigenvalue weighted by Gasteiger charge is 2.20. The van der Waals surface area contributed by atoms with E-state index in [0.29, 0.717) is 6.54 Å². The van der Waals surface area contributed by atoms with E-state index in [1.807, 2.05) is 0 Å². The van der Waals surface area contributed by atoms with Gasteiger partial charge in [0.05, 0.1) is 13.2 Å². The van der Waals surface area contributed by atoms with Crippen molar-refractivity contribution in [3.63, 3.8) is 0 Å². The van der Waals surface area contributed by atoms with Crippen molar-refractivity contribution in [1.82, 2.24) is 9.55 Å². The van der Waals surface area contributed by atoms with Crippen LogP contribution in [0.2, 0.25) is 0 Å². The molecule has 0 spiro atoms. The van der Waals surface area contributed by atoms with Crippen molar-refractivity contribution in [3.8, 4) is 0 Å². The number of hydrogen-bond donors (Lipinski definition) is 1. The third-order valence-electron chi connectivity index (χ3n) is 4.23. The van der Waals surface area contributed by atoms with Gasteiger partial charge in [0.25, 0.3) is 0 Å². The van der Waals surface area contributed by atoms with Crippen molar-refractivity contribution in [1.29, 1.82) is 0 Å². The second-order valence-electron chi connectivity index (χ2n) is 5.98. The Morgan fingerprint density at radius 2 is 2.13 bits per heavy atom. The SMILES string of the molecule is Cc1cccc(CSc2nc(=O)n(CCO)c3c2CCCC3)c1. The van der Waals surface area contributed by atoms with Gasteiger partial charge in [-0.25, -0.2) is 4.79 Å². The summed E-state index contributed by atoms with van der Waals surface area (Å²) in [7, 11) is 0. The number of aliphatic hydroxyl groups excluding tert-OH is 1. The summed E-state index contributed by atoms with van der Waals surface area (Å²) in [4.78, 5) is 16.6. The van der Waals surface area contributed by atoms with Crippen LogP contribution in [-0.4, -0.2) is 21.3 Å². The van der Waals surface area contributed by atoms with Crippen LogP contribution in [0.15, 0.2) is 34.1 Å². The Balaban J connectivity index is 1.90. The largest absolute Gasteiger partial charge is 0.395 e. The van der Waals surface area contributed by atoms with Gasteiger partial charge in [0.2, 0.25) is 0 Å². The van der Waals surface area contributed by atoms with E-state index in [9.17, 15) is 9.90 Å². The van der Waals surface area contributed by atoms with Crippen LogP contribution in [0.4, 0.5) is 0 Å². The van der Waals surface area contributed by atoms with Crippen LogP contribution in [0, 0.1) is 6.92 Å². The highest BCUT2D eigenvalue weighted by Crippen LogP contribution is 2.30. The van der Waals surface area contributed by atoms with Gasteiger partial charge in [-0.05, 0) is 38.2 Å². The monoisotopic (exact) mass is 330 g/mol. The minimum atomic E-state index is -0.230. The summed E-state index contributed by atoms with van der Waals surface area (Å²) in [6.07, 6.45) is 4.13. The molecule has 0 amide bonds. The molecule has 4 nitrogen and oxygen atoms in total. The molecule has 0 aliphatic heterocycles. The molecule has 2 aromatic rings. The minimum Gasteiger partial charge on any atom is -0.395 e. The Bertz CT molecular complexity index is 755. The fourth-order valence-corrected chi connectivity index (χ4v) is 4.17. The van der Waals surface area contributed by atoms with Crippen molar-refractivity contribution in [2.45, 2.75) is 49.9 Å². The van der Waals surface area contributed by atoms with Crippen molar-refractivity contribution in [2.24, 2.45) is 0 Å². The predicted octanol–water partition coefficient (Wildman–Crippen LogP) is 2.72. The van der Waals surface area contributed by atoms with E-state index >= 15 is 0 Å². The van der Waals surface area contributed by atoms with Crippen molar-refractivity contribution < 1.29 is 5.11 Å². The highest BCUT2D eigenvalue weighted by atomic mass is 32.2. The molecule has 1 aliphatic carbocycles. The highest BCUT2D eigenvalue weighted by molar-refractivity contribution is 7.98. The molecule has 0 atom stereocenters. The average molecular weight is 330 g/mol. The van der Waals surface area contributed by atoms with Gasteiger partial charge in [0.15, 0.2) is 0 Å². The molecular formula is C18H22N2O2S. The van der Waals surface area contributed by atoms with Gasteiger partial charge in [0, 0.05) is 17.0 Å². The van der Waals surface area contributed by atoms with Crippen LogP contribution in [0.3, 0.4) is 0 Å². The zero-order chi connectivity index (χ0) is 16.2. The molecule has 1 aliphatic rings. The molecule has 0 saturated heterocycles. The van der Waals surface area contributed by atoms with E-state index in [0.717, 1.165) is 42.2 Å². The normalized spacial score (nSPS) is 13.8. The first-order valence-electron chi connectivity index (χ1n) is 8.11. The lowest BCUT2D eigenvalue weighted by Gasteiger charge is -2.22. The van der Waals surface area contributed by atoms with Gasteiger partial charge in [0.1, 0.15) is 5.03 Å². The van der Waals surface area contributed by atoms with Crippen molar-refractivity contribution >= 4 is 11.8 Å². The summed E-state index contributed by atoms with van der Waals surface area (Å²) >= 11 is 1.65. The number of thioether (sulfide) groups is 1. The van der Waals surface area contributed by atoms with Gasteiger partial charge >= 0.3 is 5.69 Å². The van der Waals surface area contributed by atoms with Crippen LogP contribution in [0.1, 0.15) is 35.2 Å². The molecule has 1 aromatic carbocycles. The van der Waals surface area contributed by atoms with Crippen LogP contribution < -0.4 is 5.69 Å². The first-order chi connectivity index (χ1) is 11.2. The average Bonchev–Trinajstić information content (AvgIpc) is 2.56. The fourth-order valence-electron chi connectivity index (χ4n) is 3.15. The lowest BCUT2D eigenvalue weighted by atomic mass is 9.97. The molecule has 1 aromatic heterocycles. The first kappa shape index (κ1) is 16.3. The predicted molar refractivity (Wildman–Crippen MR) is 93.0 cm³/mol. The van der Waals surface area contributed by atoms with E-state index in [1.165, 1.54) is 16.7 Å². The number of nitrogens with zero attached hydrogens (tertiary/aromatic N) is 2. The third-order valence-corrected chi connectivity index (χ3v) is 5.32. The zero-order valence-electron chi connectivity index (χ0n) is 13.4. The number of hydrogen-bond acceptors (Lipinski definition) is 4. The van der Waals surface area contributed by atoms with Crippen LogP contribution in [0.5, 0.6) is 0 Å². The number of rotatable bonds is 5. The Kier molecular flexibility index (Phi) is 5.18. The number of aromatic nitrogens is 2. The van der Waals surface area contributed by atoms with Crippen LogP contribution in [-0.2, 0) is 25.1 Å². The summed E-state index contributed by atoms with van der Waals surface area (Å²) < 4.78 is 1.66. The molecule has 0 unspecified atom stereocenters. The van der Waals surface area contributed by atoms with Gasteiger partial charge in [-0.3, -0.25) is 4.57 Å². The molecule has 0 saturated carbocycles. The van der Waals surface area contributed by atoms with Gasteiger partial charge in [-0.2, -0.15) is 4.98 Å². The Morgan fingerprint density at radius 1 is 1.30 bits per heavy atom. The Morgan fingerprint density at radius 3 is 2.91 bits per heavy atom. The zero-order valence-corrected chi connectivity index (χ0v) is 14.2. The summed E-state index contributed by atoms with van der Waals surface area (Å²) in [5.74, 6) is 0.824. The quantitative estimate of drug-likeness (QED) is 0.676. The van der Waals surface area contributed by atoms with E-state index in [2.05, 4.69) is 36.2 Å². The standard InChI is InChI=1S/C18H22N2O2S/c1-13-5-4-6-14(11-13)12-23-17-15-7-2-3-8-16(15)20(9-10-21)18(22)19-17/h4-6,11,21H,2-3,7-10,12H2,1H3. The maximum Gasteiger partial charge on any atom is 0.348 e. The minimum absolute atomic E-state index is 0.0240. The molecule has 5 heteroatoms. The molecule has 122 valence electrons. The van der Waals surface area contributed by atoms with Gasteiger partial charge < -0.3 is 5.11 Å². The molecule has 0 radical (unpaired) electrons. The van der Waals surface area contributed by atoms with Gasteiger partial charge in [-0.15, -0.1) is 11.8 Å². The van der Waals surface area contributed by atoms with Crippen molar-refractivity contribution in [2.75, 3.05) is 6.61 Å². The first-order valence-corrected chi connectivity index (χ1v) is 9.09. The second-order valence-corrected chi connectivity index (χ2v) is 6.95. The van der Waals surface area contributed by atoms with Crippen LogP contribution in [0.25, 0.3) is 0 Å². The van der Waals surface area contributed by atoms with Crippen LogP contribution >= 0.6 is 11.8 Å². The summed E-state index contributed by atoms with van der Waals surface area (Å²) in [5.41, 5.74) is 4.56. The maximum absolute atomic E-state index is 12.3. The van der Waals surface area contributed by atoms with Gasteiger partial charge in [-0.1, -0.05) is 29.8 Å². The maximum atomic E-state index is 12.3. The summed E-state index contributed by atoms with van der Waals surface area (Å²) in [6, 6.07) is 8.43. The molecule has 3 rings (SSSR count). The van der Waals surface area contributed by atoms with E-state index in [4.69, 9.17) is 0 Å². The summed E-state index contributed by atoms with van der Waals surface area (Å²) in [5, 5.41) is 10.1. The lowest BCUT2D eigenvalue weighted by Crippen LogP contribution is -2.31. The Hall–Kier alpha value is -1.59. The Labute approximate surface area is 140 Å². The molecular weight excluding hydrogens is 308 g/mol. The number of aryl methyl sites for hydroxylation is 1. The fraction of sp³-hybridized carbons (Fsp3) is 0.444. The molecule has 23 heavy (non-hydrogen) atoms. The summed E-state index contributed by atoms with van der Waals surface area (Å²) in [6.45, 7) is 2.41.